The molecule has 0 radical (unpaired) electrons. The number of hydrogen-bond acceptors (Lipinski definition) is 2. The molecule has 0 saturated carbocycles. The summed E-state index contributed by atoms with van der Waals surface area (Å²) < 4.78 is 1.21. The molecular weight excluding hydrogens is 214 g/mol. The second kappa shape index (κ2) is 4.76. The molecular formula is C11H14ClNS. The van der Waals surface area contributed by atoms with Gasteiger partial charge in [0.25, 0.3) is 0 Å². The summed E-state index contributed by atoms with van der Waals surface area (Å²) >= 11 is 7.67. The molecule has 0 aliphatic heterocycles. The smallest absolute Gasteiger partial charge is 0.0907 e. The van der Waals surface area contributed by atoms with Crippen molar-refractivity contribution in [2.45, 2.75) is 27.7 Å². The van der Waals surface area contributed by atoms with E-state index in [1.807, 2.05) is 39.8 Å². The molecule has 2 aromatic rings. The third kappa shape index (κ3) is 2.07. The predicted molar refractivity (Wildman–Crippen MR) is 65.5 cm³/mol. The van der Waals surface area contributed by atoms with Crippen LogP contribution < -0.4 is 0 Å². The number of hydrogen-bond donors (Lipinski definition) is 0. The van der Waals surface area contributed by atoms with Gasteiger partial charge in [0.05, 0.1) is 15.2 Å². The number of nitrogens with zero attached hydrogens (tertiary/aromatic N) is 1. The van der Waals surface area contributed by atoms with Gasteiger partial charge >= 0.3 is 0 Å². The van der Waals surface area contributed by atoms with E-state index >= 15 is 0 Å². The first kappa shape index (κ1) is 11.5. The van der Waals surface area contributed by atoms with Gasteiger partial charge < -0.3 is 0 Å². The number of benzene rings is 1. The van der Waals surface area contributed by atoms with Crippen LogP contribution in [0, 0.1) is 13.8 Å². The fourth-order valence-corrected chi connectivity index (χ4v) is 2.34. The first-order valence-corrected chi connectivity index (χ1v) is 5.90. The van der Waals surface area contributed by atoms with Gasteiger partial charge in [-0.15, -0.1) is 11.3 Å². The number of halogens is 1. The van der Waals surface area contributed by atoms with Crippen LogP contribution in [0.2, 0.25) is 5.02 Å². The van der Waals surface area contributed by atoms with Gasteiger partial charge in [0.2, 0.25) is 0 Å². The normalized spacial score (nSPS) is 9.79. The lowest BCUT2D eigenvalue weighted by molar-refractivity contribution is 1.34. The average Bonchev–Trinajstić information content (AvgIpc) is 2.57. The number of thiazole rings is 1. The van der Waals surface area contributed by atoms with Crippen LogP contribution >= 0.6 is 22.9 Å². The van der Waals surface area contributed by atoms with Crippen LogP contribution in [0.1, 0.15) is 24.4 Å². The van der Waals surface area contributed by atoms with Gasteiger partial charge in [0.15, 0.2) is 0 Å². The van der Waals surface area contributed by atoms with Gasteiger partial charge in [-0.1, -0.05) is 25.4 Å². The van der Waals surface area contributed by atoms with Crippen molar-refractivity contribution in [2.24, 2.45) is 0 Å². The van der Waals surface area contributed by atoms with Crippen LogP contribution in [0.25, 0.3) is 10.2 Å². The third-order valence-corrected chi connectivity index (χ3v) is 3.36. The topological polar surface area (TPSA) is 12.9 Å². The summed E-state index contributed by atoms with van der Waals surface area (Å²) in [5.41, 5.74) is 2.19. The van der Waals surface area contributed by atoms with Crippen molar-refractivity contribution in [1.82, 2.24) is 4.98 Å². The molecule has 14 heavy (non-hydrogen) atoms. The first-order chi connectivity index (χ1) is 6.68. The Morgan fingerprint density at radius 2 is 1.86 bits per heavy atom. The molecule has 1 heterocycles. The number of aryl methyl sites for hydroxylation is 2. The molecule has 0 atom stereocenters. The highest BCUT2D eigenvalue weighted by molar-refractivity contribution is 7.18. The Morgan fingerprint density at radius 3 is 2.50 bits per heavy atom. The lowest BCUT2D eigenvalue weighted by Crippen LogP contribution is -1.75. The Morgan fingerprint density at radius 1 is 1.21 bits per heavy atom. The minimum atomic E-state index is 0.825. The van der Waals surface area contributed by atoms with Crippen molar-refractivity contribution in [3.05, 3.63) is 27.7 Å². The van der Waals surface area contributed by atoms with Gasteiger partial charge in [0.1, 0.15) is 0 Å². The summed E-state index contributed by atoms with van der Waals surface area (Å²) in [6.07, 6.45) is 0. The summed E-state index contributed by atoms with van der Waals surface area (Å²) in [6.45, 7) is 8.04. The summed E-state index contributed by atoms with van der Waals surface area (Å²) in [7, 11) is 0. The molecule has 3 heteroatoms. The lowest BCUT2D eigenvalue weighted by Gasteiger charge is -1.95. The molecule has 1 aromatic heterocycles. The van der Waals surface area contributed by atoms with E-state index in [2.05, 4.69) is 4.98 Å². The molecule has 2 rings (SSSR count). The van der Waals surface area contributed by atoms with Crippen LogP contribution in [0.4, 0.5) is 0 Å². The van der Waals surface area contributed by atoms with Crippen LogP contribution in [0.5, 0.6) is 0 Å². The van der Waals surface area contributed by atoms with Crippen molar-refractivity contribution < 1.29 is 0 Å². The van der Waals surface area contributed by atoms with Crippen molar-refractivity contribution in [1.29, 1.82) is 0 Å². The molecule has 0 saturated heterocycles. The number of aromatic nitrogens is 1. The van der Waals surface area contributed by atoms with Gasteiger partial charge in [-0.05, 0) is 31.5 Å². The first-order valence-electron chi connectivity index (χ1n) is 4.71. The molecule has 1 aromatic carbocycles. The van der Waals surface area contributed by atoms with E-state index in [0.717, 1.165) is 21.1 Å². The quantitative estimate of drug-likeness (QED) is 0.642. The Bertz CT molecular complexity index is 434. The van der Waals surface area contributed by atoms with E-state index in [0.29, 0.717) is 0 Å². The predicted octanol–water partition coefficient (Wildman–Crippen LogP) is 4.59. The Labute approximate surface area is 93.7 Å². The third-order valence-electron chi connectivity index (χ3n) is 1.85. The van der Waals surface area contributed by atoms with Crippen LogP contribution in [-0.2, 0) is 0 Å². The molecule has 0 amide bonds. The average molecular weight is 228 g/mol. The maximum Gasteiger partial charge on any atom is 0.0907 e. The molecule has 0 unspecified atom stereocenters. The van der Waals surface area contributed by atoms with Crippen molar-refractivity contribution in [2.75, 3.05) is 0 Å². The fraction of sp³-hybridized carbons (Fsp3) is 0.364. The van der Waals surface area contributed by atoms with E-state index < -0.39 is 0 Å². The Balaban J connectivity index is 0.000000461. The molecule has 0 bridgehead atoms. The number of fused-ring (bicyclic) bond motifs is 1. The van der Waals surface area contributed by atoms with Crippen molar-refractivity contribution >= 4 is 33.2 Å². The van der Waals surface area contributed by atoms with Gasteiger partial charge in [-0.25, -0.2) is 4.98 Å². The SMILES string of the molecule is CC.Cc1nc2ccc(Cl)c(C)c2s1. The molecule has 0 aliphatic rings. The second-order valence-electron chi connectivity index (χ2n) is 2.75. The summed E-state index contributed by atoms with van der Waals surface area (Å²) in [4.78, 5) is 4.37. The summed E-state index contributed by atoms with van der Waals surface area (Å²) in [5.74, 6) is 0. The molecule has 0 fully saturated rings. The van der Waals surface area contributed by atoms with E-state index in [1.54, 1.807) is 11.3 Å². The van der Waals surface area contributed by atoms with Gasteiger partial charge in [-0.3, -0.25) is 0 Å². The summed E-state index contributed by atoms with van der Waals surface area (Å²) in [6, 6.07) is 3.87. The molecule has 0 spiro atoms. The van der Waals surface area contributed by atoms with E-state index in [-0.39, 0.29) is 0 Å². The minimum Gasteiger partial charge on any atom is -0.242 e. The molecule has 76 valence electrons. The van der Waals surface area contributed by atoms with Crippen LogP contribution in [-0.4, -0.2) is 4.98 Å². The van der Waals surface area contributed by atoms with E-state index in [4.69, 9.17) is 11.6 Å². The zero-order valence-electron chi connectivity index (χ0n) is 8.89. The largest absolute Gasteiger partial charge is 0.242 e. The lowest BCUT2D eigenvalue weighted by atomic mass is 10.2. The molecule has 0 N–H and O–H groups in total. The Hall–Kier alpha value is -0.600. The standard InChI is InChI=1S/C9H8ClNS.C2H6/c1-5-7(10)3-4-8-9(5)12-6(2)11-8;1-2/h3-4H,1-2H3;1-2H3. The highest BCUT2D eigenvalue weighted by Gasteiger charge is 2.05. The van der Waals surface area contributed by atoms with Crippen LogP contribution in [0.3, 0.4) is 0 Å². The zero-order chi connectivity index (χ0) is 10.7. The summed E-state index contributed by atoms with van der Waals surface area (Å²) in [5, 5.41) is 1.92. The van der Waals surface area contributed by atoms with E-state index in [1.165, 1.54) is 4.70 Å². The van der Waals surface area contributed by atoms with Crippen molar-refractivity contribution in [3.8, 4) is 0 Å². The Kier molecular flexibility index (Phi) is 3.90. The van der Waals surface area contributed by atoms with Crippen molar-refractivity contribution in [3.63, 3.8) is 0 Å². The molecule has 0 aliphatic carbocycles. The van der Waals surface area contributed by atoms with Gasteiger partial charge in [0, 0.05) is 5.02 Å². The maximum atomic E-state index is 5.98. The fourth-order valence-electron chi connectivity index (χ4n) is 1.21. The van der Waals surface area contributed by atoms with Gasteiger partial charge in [-0.2, -0.15) is 0 Å². The number of rotatable bonds is 0. The molecule has 1 nitrogen and oxygen atoms in total. The minimum absolute atomic E-state index is 0.825. The van der Waals surface area contributed by atoms with E-state index in [9.17, 15) is 0 Å². The zero-order valence-corrected chi connectivity index (χ0v) is 10.5. The second-order valence-corrected chi connectivity index (χ2v) is 4.36. The van der Waals surface area contributed by atoms with Crippen LogP contribution in [0.15, 0.2) is 12.1 Å². The monoisotopic (exact) mass is 227 g/mol. The highest BCUT2D eigenvalue weighted by Crippen LogP contribution is 2.29. The maximum absolute atomic E-state index is 5.98. The highest BCUT2D eigenvalue weighted by atomic mass is 35.5.